The summed E-state index contributed by atoms with van der Waals surface area (Å²) in [7, 11) is 0. The number of nitrogens with one attached hydrogen (secondary N) is 1. The van der Waals surface area contributed by atoms with Crippen LogP contribution < -0.4 is 34.0 Å². The van der Waals surface area contributed by atoms with E-state index in [0.717, 1.165) is 22.3 Å². The Morgan fingerprint density at radius 2 is 1.50 bits per heavy atom. The molecule has 12 N–H and O–H groups in total. The maximum Gasteiger partial charge on any atom is 0.224 e. The number of nitrogens with two attached hydrogens (primary N) is 5. The fraction of sp³-hybridized carbons (Fsp3) is 0.433. The van der Waals surface area contributed by atoms with Gasteiger partial charge in [-0.2, -0.15) is 0 Å². The number of Topliss-reactive ketones (excluding diaryl/α,β-unsaturated/α-hetero) is 2. The molecule has 0 aliphatic heterocycles. The van der Waals surface area contributed by atoms with Gasteiger partial charge in [0.15, 0.2) is 17.5 Å². The van der Waals surface area contributed by atoms with Crippen LogP contribution in [0.15, 0.2) is 47.5 Å². The van der Waals surface area contributed by atoms with Crippen molar-refractivity contribution in [2.75, 3.05) is 13.1 Å². The van der Waals surface area contributed by atoms with E-state index in [-0.39, 0.29) is 62.7 Å². The van der Waals surface area contributed by atoms with Crippen LogP contribution in [0.5, 0.6) is 5.75 Å². The van der Waals surface area contributed by atoms with Gasteiger partial charge in [0.1, 0.15) is 5.75 Å². The van der Waals surface area contributed by atoms with Gasteiger partial charge in [-0.15, -0.1) is 0 Å². The van der Waals surface area contributed by atoms with Crippen LogP contribution in [-0.4, -0.2) is 59.6 Å². The lowest BCUT2D eigenvalue weighted by molar-refractivity contribution is -0.133. The van der Waals surface area contributed by atoms with E-state index in [2.05, 4.69) is 10.3 Å². The van der Waals surface area contributed by atoms with Crippen LogP contribution in [-0.2, 0) is 32.0 Å². The van der Waals surface area contributed by atoms with Gasteiger partial charge >= 0.3 is 0 Å². The van der Waals surface area contributed by atoms with Crippen molar-refractivity contribution in [1.29, 1.82) is 0 Å². The van der Waals surface area contributed by atoms with Crippen molar-refractivity contribution in [2.45, 2.75) is 58.0 Å². The second kappa shape index (κ2) is 16.2. The summed E-state index contributed by atoms with van der Waals surface area (Å²) in [5.74, 6) is -3.81. The third-order valence-electron chi connectivity index (χ3n) is 7.17. The summed E-state index contributed by atoms with van der Waals surface area (Å²) in [5.41, 5.74) is 31.2. The van der Waals surface area contributed by atoms with Gasteiger partial charge in [-0.25, -0.2) is 0 Å². The van der Waals surface area contributed by atoms with Crippen LogP contribution >= 0.6 is 0 Å². The average Bonchev–Trinajstić information content (AvgIpc) is 2.92. The third kappa shape index (κ3) is 10.6. The molecule has 0 aliphatic rings. The highest BCUT2D eigenvalue weighted by molar-refractivity contribution is 5.94. The highest BCUT2D eigenvalue weighted by atomic mass is 16.3. The first-order chi connectivity index (χ1) is 19.8. The molecule has 0 saturated carbocycles. The number of carbonyl (C=O) groups is 4. The van der Waals surface area contributed by atoms with Gasteiger partial charge in [-0.1, -0.05) is 30.3 Å². The Balaban J connectivity index is 2.29. The molecule has 2 aromatic carbocycles. The highest BCUT2D eigenvalue weighted by Gasteiger charge is 2.31. The Kier molecular flexibility index (Phi) is 13.1. The van der Waals surface area contributed by atoms with Gasteiger partial charge in [-0.3, -0.25) is 24.2 Å². The number of phenolic OH excluding ortho intramolecular Hbond substituents is 1. The summed E-state index contributed by atoms with van der Waals surface area (Å²) in [6.07, 6.45) is 0.122. The standard InChI is InChI=1S/C30H43N7O5/c1-17-10-22(38)11-18(2)23(17)13-21(15-26(39)24(32)16-36-30(34)35)29(42)37-25(8-9-31)27(40)14-20(28(33)41)12-19-6-4-3-5-7-19/h3-7,10-11,20-21,24-25,38H,8-9,12-16,31-32H2,1-2H3,(H2,33,41)(H,37,42)(H4,34,35,36)/t20-,21-,24-,25+/m1/s1. The lowest BCUT2D eigenvalue weighted by Gasteiger charge is -2.24. The molecule has 0 fully saturated rings. The summed E-state index contributed by atoms with van der Waals surface area (Å²) in [5, 5.41) is 12.7. The Hall–Kier alpha value is -4.29. The number of aryl methyl sites for hydroxylation is 2. The molecule has 42 heavy (non-hydrogen) atoms. The number of hydrogen-bond acceptors (Lipinski definition) is 8. The van der Waals surface area contributed by atoms with Crippen molar-refractivity contribution < 1.29 is 24.3 Å². The van der Waals surface area contributed by atoms with E-state index in [1.165, 1.54) is 0 Å². The first-order valence-electron chi connectivity index (χ1n) is 13.8. The van der Waals surface area contributed by atoms with Gasteiger partial charge < -0.3 is 39.1 Å². The van der Waals surface area contributed by atoms with Gasteiger partial charge in [0.2, 0.25) is 11.8 Å². The van der Waals surface area contributed by atoms with Crippen molar-refractivity contribution in [2.24, 2.45) is 45.5 Å². The van der Waals surface area contributed by atoms with Gasteiger partial charge in [-0.05, 0) is 74.0 Å². The molecule has 0 heterocycles. The van der Waals surface area contributed by atoms with E-state index in [1.54, 1.807) is 26.0 Å². The second-order valence-corrected chi connectivity index (χ2v) is 10.6. The van der Waals surface area contributed by atoms with Crippen LogP contribution in [0.25, 0.3) is 0 Å². The number of hydrogen-bond donors (Lipinski definition) is 7. The second-order valence-electron chi connectivity index (χ2n) is 10.6. The maximum atomic E-state index is 13.7. The number of amides is 2. The predicted molar refractivity (Wildman–Crippen MR) is 161 cm³/mol. The number of aromatic hydroxyl groups is 1. The van der Waals surface area contributed by atoms with Gasteiger partial charge in [0.05, 0.1) is 18.6 Å². The predicted octanol–water partition coefficient (Wildman–Crippen LogP) is -0.135. The van der Waals surface area contributed by atoms with E-state index in [0.29, 0.717) is 0 Å². The minimum atomic E-state index is -1.04. The number of ketones is 2. The lowest BCUT2D eigenvalue weighted by atomic mass is 9.87. The first-order valence-corrected chi connectivity index (χ1v) is 13.8. The zero-order valence-corrected chi connectivity index (χ0v) is 24.2. The SMILES string of the molecule is Cc1cc(O)cc(C)c1C[C@H](CC(=O)[C@H](N)CN=C(N)N)C(=O)N[C@@H](CCN)C(=O)C[C@@H](Cc1ccccc1)C(N)=O. The highest BCUT2D eigenvalue weighted by Crippen LogP contribution is 2.25. The van der Waals surface area contributed by atoms with E-state index in [9.17, 15) is 24.3 Å². The summed E-state index contributed by atoms with van der Waals surface area (Å²) >= 11 is 0. The molecular formula is C30H43N7O5. The maximum absolute atomic E-state index is 13.7. The number of primary amides is 1. The molecule has 0 bridgehead atoms. The molecule has 2 rings (SSSR count). The number of guanidine groups is 1. The number of aliphatic imine (C=N–C) groups is 1. The average molecular weight is 582 g/mol. The number of rotatable bonds is 17. The molecule has 12 nitrogen and oxygen atoms in total. The van der Waals surface area contributed by atoms with Crippen LogP contribution in [0.2, 0.25) is 0 Å². The Labute approximate surface area is 246 Å². The van der Waals surface area contributed by atoms with Crippen molar-refractivity contribution >= 4 is 29.3 Å². The molecule has 2 amide bonds. The third-order valence-corrected chi connectivity index (χ3v) is 7.17. The van der Waals surface area contributed by atoms with Gasteiger partial charge in [0.25, 0.3) is 0 Å². The molecule has 4 atom stereocenters. The van der Waals surface area contributed by atoms with Crippen LogP contribution in [0.4, 0.5) is 0 Å². The molecule has 0 radical (unpaired) electrons. The quantitative estimate of drug-likeness (QED) is 0.0969. The fourth-order valence-corrected chi connectivity index (χ4v) is 4.82. The van der Waals surface area contributed by atoms with Crippen LogP contribution in [0.3, 0.4) is 0 Å². The Morgan fingerprint density at radius 1 is 0.905 bits per heavy atom. The largest absolute Gasteiger partial charge is 0.508 e. The summed E-state index contributed by atoms with van der Waals surface area (Å²) < 4.78 is 0. The molecule has 0 unspecified atom stereocenters. The molecule has 0 spiro atoms. The molecule has 12 heteroatoms. The lowest BCUT2D eigenvalue weighted by Crippen LogP contribution is -2.47. The van der Waals surface area contributed by atoms with E-state index >= 15 is 0 Å². The van der Waals surface area contributed by atoms with Crippen molar-refractivity contribution in [3.05, 3.63) is 64.7 Å². The minimum Gasteiger partial charge on any atom is -0.508 e. The monoisotopic (exact) mass is 581 g/mol. The normalized spacial score (nSPS) is 13.8. The van der Waals surface area contributed by atoms with E-state index < -0.39 is 41.5 Å². The molecule has 0 aromatic heterocycles. The smallest absolute Gasteiger partial charge is 0.224 e. The van der Waals surface area contributed by atoms with E-state index in [1.807, 2.05) is 30.3 Å². The summed E-state index contributed by atoms with van der Waals surface area (Å²) in [6, 6.07) is 10.3. The molecule has 0 saturated heterocycles. The number of nitrogens with zero attached hydrogens (tertiary/aromatic N) is 1. The topological polar surface area (TPSA) is 243 Å². The number of benzene rings is 2. The van der Waals surface area contributed by atoms with Crippen molar-refractivity contribution in [1.82, 2.24) is 5.32 Å². The van der Waals surface area contributed by atoms with Crippen molar-refractivity contribution in [3.63, 3.8) is 0 Å². The molecule has 2 aromatic rings. The number of carbonyl (C=O) groups excluding carboxylic acids is 4. The summed E-state index contributed by atoms with van der Waals surface area (Å²) in [6.45, 7) is 3.54. The number of phenols is 1. The fourth-order valence-electron chi connectivity index (χ4n) is 4.82. The summed E-state index contributed by atoms with van der Waals surface area (Å²) in [4.78, 5) is 56.0. The van der Waals surface area contributed by atoms with Crippen LogP contribution in [0.1, 0.15) is 41.5 Å². The molecule has 0 aliphatic carbocycles. The van der Waals surface area contributed by atoms with Gasteiger partial charge in [0, 0.05) is 24.7 Å². The first kappa shape index (κ1) is 33.9. The zero-order chi connectivity index (χ0) is 31.4. The molecular weight excluding hydrogens is 538 g/mol. The van der Waals surface area contributed by atoms with E-state index in [4.69, 9.17) is 28.7 Å². The molecule has 228 valence electrons. The Bertz CT molecular complexity index is 1260. The zero-order valence-electron chi connectivity index (χ0n) is 24.2. The van der Waals surface area contributed by atoms with Crippen LogP contribution in [0, 0.1) is 25.7 Å². The Morgan fingerprint density at radius 3 is 2.05 bits per heavy atom. The van der Waals surface area contributed by atoms with Crippen molar-refractivity contribution in [3.8, 4) is 5.75 Å². The minimum absolute atomic E-state index is 0.0817.